The molecule has 30 heavy (non-hydrogen) atoms. The quantitative estimate of drug-likeness (QED) is 0.793. The molecule has 1 atom stereocenters. The SMILES string of the molecule is Cc1cc2ccccc2c(C(C)(C)NC(=O)C[C@H]2CCCN2C(=O)OC(C)(C)C)n1. The van der Waals surface area contributed by atoms with Crippen LogP contribution in [0.4, 0.5) is 4.79 Å². The molecule has 0 bridgehead atoms. The van der Waals surface area contributed by atoms with Crippen LogP contribution < -0.4 is 5.32 Å². The van der Waals surface area contributed by atoms with Crippen LogP contribution in [0, 0.1) is 6.92 Å². The number of benzene rings is 1. The third kappa shape index (κ3) is 5.10. The zero-order chi connectivity index (χ0) is 22.1. The predicted octanol–water partition coefficient (Wildman–Crippen LogP) is 4.68. The molecule has 0 radical (unpaired) electrons. The highest BCUT2D eigenvalue weighted by Gasteiger charge is 2.35. The number of ether oxygens (including phenoxy) is 1. The normalized spacial score (nSPS) is 17.3. The monoisotopic (exact) mass is 411 g/mol. The minimum absolute atomic E-state index is 0.0900. The number of nitrogens with zero attached hydrogens (tertiary/aromatic N) is 2. The van der Waals surface area contributed by atoms with E-state index in [9.17, 15) is 9.59 Å². The van der Waals surface area contributed by atoms with Crippen molar-refractivity contribution in [1.29, 1.82) is 0 Å². The van der Waals surface area contributed by atoms with Crippen molar-refractivity contribution < 1.29 is 14.3 Å². The molecular weight excluding hydrogens is 378 g/mol. The number of nitrogens with one attached hydrogen (secondary N) is 1. The van der Waals surface area contributed by atoms with Gasteiger partial charge in [-0.1, -0.05) is 24.3 Å². The molecule has 1 N–H and O–H groups in total. The fraction of sp³-hybridized carbons (Fsp3) is 0.542. The maximum atomic E-state index is 12.9. The summed E-state index contributed by atoms with van der Waals surface area (Å²) in [5, 5.41) is 5.28. The average Bonchev–Trinajstić information content (AvgIpc) is 3.07. The van der Waals surface area contributed by atoms with Crippen molar-refractivity contribution >= 4 is 22.8 Å². The molecule has 2 amide bonds. The van der Waals surface area contributed by atoms with Crippen LogP contribution in [0.25, 0.3) is 10.8 Å². The van der Waals surface area contributed by atoms with Gasteiger partial charge in [0.15, 0.2) is 0 Å². The van der Waals surface area contributed by atoms with Crippen molar-refractivity contribution in [1.82, 2.24) is 15.2 Å². The first-order valence-corrected chi connectivity index (χ1v) is 10.6. The molecule has 0 unspecified atom stereocenters. The van der Waals surface area contributed by atoms with Gasteiger partial charge in [0, 0.05) is 30.1 Å². The van der Waals surface area contributed by atoms with Gasteiger partial charge in [0.1, 0.15) is 5.60 Å². The molecule has 162 valence electrons. The number of aryl methyl sites for hydroxylation is 1. The van der Waals surface area contributed by atoms with Crippen molar-refractivity contribution in [2.45, 2.75) is 78.0 Å². The predicted molar refractivity (Wildman–Crippen MR) is 118 cm³/mol. The van der Waals surface area contributed by atoms with Gasteiger partial charge in [-0.05, 0) is 65.8 Å². The molecule has 1 aliphatic heterocycles. The van der Waals surface area contributed by atoms with Crippen LogP contribution in [0.5, 0.6) is 0 Å². The molecular formula is C24H33N3O3. The van der Waals surface area contributed by atoms with Gasteiger partial charge in [-0.15, -0.1) is 0 Å². The average molecular weight is 412 g/mol. The van der Waals surface area contributed by atoms with E-state index >= 15 is 0 Å². The fourth-order valence-electron chi connectivity index (χ4n) is 4.09. The smallest absolute Gasteiger partial charge is 0.410 e. The zero-order valence-corrected chi connectivity index (χ0v) is 18.9. The Bertz CT molecular complexity index is 946. The fourth-order valence-corrected chi connectivity index (χ4v) is 4.09. The topological polar surface area (TPSA) is 71.5 Å². The van der Waals surface area contributed by atoms with Gasteiger partial charge in [0.25, 0.3) is 0 Å². The first-order chi connectivity index (χ1) is 14.0. The summed E-state index contributed by atoms with van der Waals surface area (Å²) in [7, 11) is 0. The zero-order valence-electron chi connectivity index (χ0n) is 18.9. The Morgan fingerprint density at radius 1 is 1.20 bits per heavy atom. The van der Waals surface area contributed by atoms with E-state index < -0.39 is 11.1 Å². The van der Waals surface area contributed by atoms with Crippen molar-refractivity contribution in [2.24, 2.45) is 0 Å². The minimum atomic E-state index is -0.641. The van der Waals surface area contributed by atoms with Gasteiger partial charge in [-0.3, -0.25) is 9.78 Å². The van der Waals surface area contributed by atoms with Crippen LogP contribution >= 0.6 is 0 Å². The molecule has 1 saturated heterocycles. The number of carbonyl (C=O) groups is 2. The summed E-state index contributed by atoms with van der Waals surface area (Å²) >= 11 is 0. The number of hydrogen-bond donors (Lipinski definition) is 1. The van der Waals surface area contributed by atoms with E-state index in [4.69, 9.17) is 9.72 Å². The summed E-state index contributed by atoms with van der Waals surface area (Å²) in [6.07, 6.45) is 1.60. The largest absolute Gasteiger partial charge is 0.444 e. The Morgan fingerprint density at radius 3 is 2.60 bits per heavy atom. The van der Waals surface area contributed by atoms with Gasteiger partial charge < -0.3 is 15.0 Å². The number of hydrogen-bond acceptors (Lipinski definition) is 4. The summed E-state index contributed by atoms with van der Waals surface area (Å²) in [4.78, 5) is 31.9. The third-order valence-electron chi connectivity index (χ3n) is 5.34. The van der Waals surface area contributed by atoms with Gasteiger partial charge in [-0.2, -0.15) is 0 Å². The summed E-state index contributed by atoms with van der Waals surface area (Å²) in [6.45, 7) is 12.1. The molecule has 2 heterocycles. The van der Waals surface area contributed by atoms with E-state index in [1.165, 1.54) is 0 Å². The second-order valence-corrected chi connectivity index (χ2v) is 9.68. The maximum Gasteiger partial charge on any atom is 0.410 e. The molecule has 0 saturated carbocycles. The minimum Gasteiger partial charge on any atom is -0.444 e. The molecule has 1 aromatic heterocycles. The summed E-state index contributed by atoms with van der Waals surface area (Å²) in [5.74, 6) is -0.0900. The van der Waals surface area contributed by atoms with E-state index in [2.05, 4.69) is 11.4 Å². The lowest BCUT2D eigenvalue weighted by Gasteiger charge is -2.30. The number of pyridine rings is 1. The number of likely N-dealkylation sites (tertiary alicyclic amines) is 1. The van der Waals surface area contributed by atoms with Crippen molar-refractivity contribution in [3.63, 3.8) is 0 Å². The van der Waals surface area contributed by atoms with E-state index in [1.807, 2.05) is 65.8 Å². The number of fused-ring (bicyclic) bond motifs is 1. The maximum absolute atomic E-state index is 12.9. The number of amides is 2. The van der Waals surface area contributed by atoms with Crippen LogP contribution in [0.3, 0.4) is 0 Å². The Morgan fingerprint density at radius 2 is 1.90 bits per heavy atom. The van der Waals surface area contributed by atoms with Crippen LogP contribution in [0.2, 0.25) is 0 Å². The van der Waals surface area contributed by atoms with Crippen LogP contribution in [-0.2, 0) is 15.1 Å². The van der Waals surface area contributed by atoms with Crippen LogP contribution in [-0.4, -0.2) is 40.1 Å². The van der Waals surface area contributed by atoms with Crippen LogP contribution in [0.1, 0.15) is 65.3 Å². The summed E-state index contributed by atoms with van der Waals surface area (Å²) in [5.41, 5.74) is 0.574. The van der Waals surface area contributed by atoms with Crippen molar-refractivity contribution in [2.75, 3.05) is 6.54 Å². The molecule has 2 aromatic rings. The van der Waals surface area contributed by atoms with E-state index in [0.717, 1.165) is 35.0 Å². The second kappa shape index (κ2) is 8.25. The Balaban J connectivity index is 1.73. The molecule has 1 fully saturated rings. The first-order valence-electron chi connectivity index (χ1n) is 10.6. The lowest BCUT2D eigenvalue weighted by molar-refractivity contribution is -0.123. The molecule has 6 heteroatoms. The van der Waals surface area contributed by atoms with Crippen LogP contribution in [0.15, 0.2) is 30.3 Å². The molecule has 1 aliphatic rings. The van der Waals surface area contributed by atoms with Gasteiger partial charge >= 0.3 is 6.09 Å². The highest BCUT2D eigenvalue weighted by Crippen LogP contribution is 2.28. The lowest BCUT2D eigenvalue weighted by Crippen LogP contribution is -2.46. The highest BCUT2D eigenvalue weighted by atomic mass is 16.6. The molecule has 0 aliphatic carbocycles. The number of rotatable bonds is 4. The number of aromatic nitrogens is 1. The Hall–Kier alpha value is -2.63. The Labute approximate surface area is 179 Å². The molecule has 3 rings (SSSR count). The van der Waals surface area contributed by atoms with E-state index in [0.29, 0.717) is 6.54 Å². The Kier molecular flexibility index (Phi) is 6.06. The second-order valence-electron chi connectivity index (χ2n) is 9.68. The lowest BCUT2D eigenvalue weighted by atomic mass is 9.93. The van der Waals surface area contributed by atoms with Gasteiger partial charge in [0.2, 0.25) is 5.91 Å². The highest BCUT2D eigenvalue weighted by molar-refractivity contribution is 5.87. The third-order valence-corrected chi connectivity index (χ3v) is 5.34. The van der Waals surface area contributed by atoms with Gasteiger partial charge in [-0.25, -0.2) is 4.79 Å². The van der Waals surface area contributed by atoms with Crippen molar-refractivity contribution in [3.8, 4) is 0 Å². The summed E-state index contributed by atoms with van der Waals surface area (Å²) in [6, 6.07) is 9.99. The van der Waals surface area contributed by atoms with Gasteiger partial charge in [0.05, 0.1) is 11.2 Å². The van der Waals surface area contributed by atoms with E-state index in [-0.39, 0.29) is 24.5 Å². The standard InChI is InChI=1S/C24H33N3O3/c1-16-14-17-10-7-8-12-19(17)21(25-16)24(5,6)26-20(28)15-18-11-9-13-27(18)22(29)30-23(2,3)4/h7-8,10,12,14,18H,9,11,13,15H2,1-6H3,(H,26,28)/t18-/m1/s1. The summed E-state index contributed by atoms with van der Waals surface area (Å²) < 4.78 is 5.51. The molecule has 6 nitrogen and oxygen atoms in total. The molecule has 0 spiro atoms. The molecule has 1 aromatic carbocycles. The van der Waals surface area contributed by atoms with Crippen molar-refractivity contribution in [3.05, 3.63) is 41.7 Å². The van der Waals surface area contributed by atoms with E-state index in [1.54, 1.807) is 4.90 Å². The number of carbonyl (C=O) groups excluding carboxylic acids is 2. The first kappa shape index (κ1) is 22.1.